The minimum atomic E-state index is 1.24. The summed E-state index contributed by atoms with van der Waals surface area (Å²) in [5.41, 5.74) is 2.48. The summed E-state index contributed by atoms with van der Waals surface area (Å²) in [6, 6.07) is 0. The van der Waals surface area contributed by atoms with Crippen LogP contribution in [0.4, 0.5) is 0 Å². The molecule has 2 aliphatic carbocycles. The van der Waals surface area contributed by atoms with Crippen LogP contribution in [0.5, 0.6) is 0 Å². The fourth-order valence-corrected chi connectivity index (χ4v) is 1.39. The third-order valence-electron chi connectivity index (χ3n) is 2.10. The van der Waals surface area contributed by atoms with E-state index in [1.54, 1.807) is 0 Å². The second kappa shape index (κ2) is 4.43. The molecule has 0 spiro atoms. The van der Waals surface area contributed by atoms with Crippen molar-refractivity contribution in [2.45, 2.75) is 0 Å². The van der Waals surface area contributed by atoms with E-state index in [-0.39, 0.29) is 0 Å². The molecule has 0 amide bonds. The van der Waals surface area contributed by atoms with Crippen LogP contribution in [0.15, 0.2) is 71.9 Å². The summed E-state index contributed by atoms with van der Waals surface area (Å²) in [6.45, 7) is 0. The summed E-state index contributed by atoms with van der Waals surface area (Å²) < 4.78 is 0. The van der Waals surface area contributed by atoms with Gasteiger partial charge < -0.3 is 0 Å². The number of fused-ring (bicyclic) bond motifs is 1. The molecule has 0 N–H and O–H groups in total. The highest BCUT2D eigenvalue weighted by atomic mass is 14.0. The molecule has 0 aromatic rings. The first-order valence-corrected chi connectivity index (χ1v) is 4.74. The normalized spacial score (nSPS) is 18.9. The van der Waals surface area contributed by atoms with Crippen LogP contribution in [0, 0.1) is 12.8 Å². The monoisotopic (exact) mass is 180 g/mol. The molecule has 0 atom stereocenters. The molecule has 0 nitrogen and oxygen atoms in total. The zero-order valence-electron chi connectivity index (χ0n) is 7.93. The third kappa shape index (κ3) is 2.11. The van der Waals surface area contributed by atoms with Crippen LogP contribution in [0.1, 0.15) is 0 Å². The minimum Gasteiger partial charge on any atom is -0.176 e. The molecular weight excluding hydrogens is 168 g/mol. The predicted octanol–water partition coefficient (Wildman–Crippen LogP) is 3.50. The molecular formula is C14H12-2. The molecule has 0 aromatic heterocycles. The highest BCUT2D eigenvalue weighted by molar-refractivity contribution is 5.52. The van der Waals surface area contributed by atoms with Crippen molar-refractivity contribution < 1.29 is 0 Å². The lowest BCUT2D eigenvalue weighted by molar-refractivity contribution is 1.46. The number of hydrogen-bond donors (Lipinski definition) is 0. The molecule has 0 saturated heterocycles. The SMILES string of the molecule is C1=C[CH-]C=C2C=CC=C[CH-]C=C2C=C1. The maximum absolute atomic E-state index is 2.12. The smallest absolute Gasteiger partial charge is 0.130 e. The number of hydrogen-bond acceptors (Lipinski definition) is 0. The maximum atomic E-state index is 2.12. The molecule has 2 rings (SSSR count). The molecule has 0 aliphatic heterocycles. The van der Waals surface area contributed by atoms with E-state index in [9.17, 15) is 0 Å². The standard InChI is InChI=1S/C14H12/c1-2-6-10-14-12-8-4-3-7-11-13(14)9-5-1/h1-12H/q-2. The largest absolute Gasteiger partial charge is 0.176 e. The van der Waals surface area contributed by atoms with Gasteiger partial charge in [0.2, 0.25) is 0 Å². The average Bonchev–Trinajstić information content (AvgIpc) is 2.13. The molecule has 0 radical (unpaired) electrons. The predicted molar refractivity (Wildman–Crippen MR) is 61.3 cm³/mol. The molecule has 0 heterocycles. The van der Waals surface area contributed by atoms with Crippen LogP contribution >= 0.6 is 0 Å². The summed E-state index contributed by atoms with van der Waals surface area (Å²) >= 11 is 0. The zero-order chi connectivity index (χ0) is 9.64. The van der Waals surface area contributed by atoms with E-state index < -0.39 is 0 Å². The summed E-state index contributed by atoms with van der Waals surface area (Å²) in [5.74, 6) is 0. The lowest BCUT2D eigenvalue weighted by atomic mass is 9.99. The molecule has 0 unspecified atom stereocenters. The van der Waals surface area contributed by atoms with E-state index in [0.717, 1.165) is 0 Å². The van der Waals surface area contributed by atoms with Gasteiger partial charge in [-0.1, -0.05) is 0 Å². The Morgan fingerprint density at radius 1 is 0.643 bits per heavy atom. The summed E-state index contributed by atoms with van der Waals surface area (Å²) in [5, 5.41) is 0. The van der Waals surface area contributed by atoms with E-state index in [1.807, 2.05) is 24.3 Å². The van der Waals surface area contributed by atoms with Gasteiger partial charge >= 0.3 is 0 Å². The summed E-state index contributed by atoms with van der Waals surface area (Å²) in [4.78, 5) is 0. The maximum Gasteiger partial charge on any atom is -0.130 e. The van der Waals surface area contributed by atoms with Crippen LogP contribution in [0.3, 0.4) is 0 Å². The van der Waals surface area contributed by atoms with Crippen molar-refractivity contribution in [1.82, 2.24) is 0 Å². The Hall–Kier alpha value is -1.82. The molecule has 0 aromatic carbocycles. The summed E-state index contributed by atoms with van der Waals surface area (Å²) in [7, 11) is 0. The number of allylic oxidation sites excluding steroid dienone is 12. The first-order valence-electron chi connectivity index (χ1n) is 4.74. The lowest BCUT2D eigenvalue weighted by Gasteiger charge is -2.18. The van der Waals surface area contributed by atoms with Crippen molar-refractivity contribution in [3.05, 3.63) is 84.7 Å². The van der Waals surface area contributed by atoms with Crippen LogP contribution in [-0.2, 0) is 0 Å². The molecule has 70 valence electrons. The fourth-order valence-electron chi connectivity index (χ4n) is 1.39. The molecule has 0 bridgehead atoms. The molecule has 14 heavy (non-hydrogen) atoms. The van der Waals surface area contributed by atoms with E-state index in [4.69, 9.17) is 0 Å². The second-order valence-electron chi connectivity index (χ2n) is 3.12. The quantitative estimate of drug-likeness (QED) is 0.500. The van der Waals surface area contributed by atoms with Crippen molar-refractivity contribution in [3.8, 4) is 0 Å². The Kier molecular flexibility index (Phi) is 2.77. The van der Waals surface area contributed by atoms with Gasteiger partial charge in [0.05, 0.1) is 0 Å². The molecule has 0 saturated carbocycles. The van der Waals surface area contributed by atoms with Gasteiger partial charge in [0, 0.05) is 0 Å². The van der Waals surface area contributed by atoms with Crippen LogP contribution < -0.4 is 0 Å². The topological polar surface area (TPSA) is 0 Å². The Bertz CT molecular complexity index is 333. The summed E-state index contributed by atoms with van der Waals surface area (Å²) in [6.07, 6.45) is 24.8. The van der Waals surface area contributed by atoms with Gasteiger partial charge in [0.15, 0.2) is 0 Å². The van der Waals surface area contributed by atoms with Crippen molar-refractivity contribution in [2.75, 3.05) is 0 Å². The van der Waals surface area contributed by atoms with Crippen molar-refractivity contribution in [2.24, 2.45) is 0 Å². The zero-order valence-corrected chi connectivity index (χ0v) is 7.93. The van der Waals surface area contributed by atoms with Gasteiger partial charge in [0.25, 0.3) is 0 Å². The van der Waals surface area contributed by atoms with Crippen LogP contribution in [-0.4, -0.2) is 0 Å². The van der Waals surface area contributed by atoms with Crippen LogP contribution in [0.2, 0.25) is 0 Å². The van der Waals surface area contributed by atoms with Gasteiger partial charge in [-0.3, -0.25) is 0 Å². The molecule has 0 fully saturated rings. The Morgan fingerprint density at radius 2 is 1.14 bits per heavy atom. The van der Waals surface area contributed by atoms with E-state index >= 15 is 0 Å². The Balaban J connectivity index is 2.39. The minimum absolute atomic E-state index is 1.24. The molecule has 2 aliphatic rings. The van der Waals surface area contributed by atoms with Crippen molar-refractivity contribution in [1.29, 1.82) is 0 Å². The van der Waals surface area contributed by atoms with Crippen LogP contribution in [0.25, 0.3) is 0 Å². The van der Waals surface area contributed by atoms with E-state index in [0.29, 0.717) is 0 Å². The average molecular weight is 180 g/mol. The fraction of sp³-hybridized carbons (Fsp3) is 0. The first-order chi connectivity index (χ1) is 6.97. The number of rotatable bonds is 0. The van der Waals surface area contributed by atoms with Gasteiger partial charge in [-0.05, 0) is 0 Å². The van der Waals surface area contributed by atoms with Crippen molar-refractivity contribution >= 4 is 0 Å². The van der Waals surface area contributed by atoms with E-state index in [1.165, 1.54) is 11.1 Å². The van der Waals surface area contributed by atoms with Gasteiger partial charge in [0.1, 0.15) is 0 Å². The first kappa shape index (κ1) is 8.76. The van der Waals surface area contributed by atoms with Gasteiger partial charge in [-0.25, -0.2) is 0 Å². The third-order valence-corrected chi connectivity index (χ3v) is 2.10. The Morgan fingerprint density at radius 3 is 1.64 bits per heavy atom. The van der Waals surface area contributed by atoms with Gasteiger partial charge in [-0.2, -0.15) is 60.4 Å². The Labute approximate surface area is 85.3 Å². The lowest BCUT2D eigenvalue weighted by Crippen LogP contribution is -1.87. The second-order valence-corrected chi connectivity index (χ2v) is 3.12. The van der Waals surface area contributed by atoms with E-state index in [2.05, 4.69) is 49.3 Å². The highest BCUT2D eigenvalue weighted by Gasteiger charge is 1.87. The van der Waals surface area contributed by atoms with Gasteiger partial charge in [-0.15, -0.1) is 24.3 Å². The molecule has 0 heteroatoms. The highest BCUT2D eigenvalue weighted by Crippen LogP contribution is 2.18. The van der Waals surface area contributed by atoms with Crippen molar-refractivity contribution in [3.63, 3.8) is 0 Å².